The number of aldehydes is 1. The van der Waals surface area contributed by atoms with Crippen LogP contribution in [0.1, 0.15) is 43.5 Å². The molecule has 0 aliphatic heterocycles. The van der Waals surface area contributed by atoms with E-state index in [1.807, 2.05) is 13.8 Å². The zero-order valence-corrected chi connectivity index (χ0v) is 14.3. The molecule has 0 saturated carbocycles. The molecule has 0 saturated heterocycles. The average molecular weight is 349 g/mol. The summed E-state index contributed by atoms with van der Waals surface area (Å²) >= 11 is 0. The van der Waals surface area contributed by atoms with Gasteiger partial charge in [0.25, 0.3) is 6.41 Å². The number of hydrogen-bond acceptors (Lipinski definition) is 6. The van der Waals surface area contributed by atoms with Crippen LogP contribution in [0.5, 0.6) is 0 Å². The number of benzene rings is 1. The van der Waals surface area contributed by atoms with Gasteiger partial charge in [0, 0.05) is 12.0 Å². The Labute approximate surface area is 146 Å². The van der Waals surface area contributed by atoms with Crippen molar-refractivity contribution in [1.29, 1.82) is 0 Å². The Morgan fingerprint density at radius 2 is 1.84 bits per heavy atom. The molecule has 0 aliphatic carbocycles. The number of ketones is 1. The first-order chi connectivity index (χ1) is 12.0. The second-order valence-corrected chi connectivity index (χ2v) is 5.82. The fourth-order valence-corrected chi connectivity index (χ4v) is 2.05. The van der Waals surface area contributed by atoms with E-state index in [4.69, 9.17) is 9.47 Å². The Kier molecular flexibility index (Phi) is 9.10. The molecule has 1 unspecified atom stereocenters. The maximum atomic E-state index is 12.2. The maximum absolute atomic E-state index is 12.2. The fraction of sp³-hybridized carbons (Fsp3) is 0.444. The highest BCUT2D eigenvalue weighted by molar-refractivity contribution is 6.07. The van der Waals surface area contributed by atoms with Gasteiger partial charge in [-0.15, -0.1) is 0 Å². The molecule has 0 radical (unpaired) electrons. The molecule has 1 aromatic carbocycles. The Hall–Kier alpha value is -2.54. The van der Waals surface area contributed by atoms with Crippen LogP contribution in [-0.2, 0) is 23.9 Å². The van der Waals surface area contributed by atoms with Crippen molar-refractivity contribution in [1.82, 2.24) is 5.32 Å². The number of Topliss-reactive ketones (excluding diaryl/α,β-unsaturated/α-hetero) is 1. The number of hydrogen-bond donors (Lipinski definition) is 1. The van der Waals surface area contributed by atoms with Crippen LogP contribution < -0.4 is 5.32 Å². The molecular weight excluding hydrogens is 326 g/mol. The van der Waals surface area contributed by atoms with Gasteiger partial charge in [0.2, 0.25) is 6.41 Å². The van der Waals surface area contributed by atoms with E-state index < -0.39 is 24.3 Å². The van der Waals surface area contributed by atoms with Gasteiger partial charge >= 0.3 is 5.97 Å². The molecule has 7 heteroatoms. The average Bonchev–Trinajstić information content (AvgIpc) is 2.59. The van der Waals surface area contributed by atoms with E-state index in [1.54, 1.807) is 18.2 Å². The van der Waals surface area contributed by atoms with Crippen molar-refractivity contribution in [3.63, 3.8) is 0 Å². The predicted octanol–water partition coefficient (Wildman–Crippen LogP) is 1.85. The minimum absolute atomic E-state index is 0.150. The van der Waals surface area contributed by atoms with E-state index in [1.165, 1.54) is 12.1 Å². The third-order valence-corrected chi connectivity index (χ3v) is 3.32. The van der Waals surface area contributed by atoms with Gasteiger partial charge in [-0.1, -0.05) is 50.6 Å². The van der Waals surface area contributed by atoms with Crippen molar-refractivity contribution in [2.75, 3.05) is 0 Å². The van der Waals surface area contributed by atoms with E-state index >= 15 is 0 Å². The molecule has 25 heavy (non-hydrogen) atoms. The summed E-state index contributed by atoms with van der Waals surface area (Å²) in [6.45, 7) is 4.07. The van der Waals surface area contributed by atoms with Crippen LogP contribution in [0.15, 0.2) is 30.3 Å². The minimum atomic E-state index is -1.51. The lowest BCUT2D eigenvalue weighted by atomic mass is 10.1. The zero-order valence-electron chi connectivity index (χ0n) is 14.3. The Morgan fingerprint density at radius 3 is 2.40 bits per heavy atom. The van der Waals surface area contributed by atoms with E-state index in [0.717, 1.165) is 6.42 Å². The van der Waals surface area contributed by atoms with Crippen LogP contribution in [0.3, 0.4) is 0 Å². The molecule has 0 spiro atoms. The van der Waals surface area contributed by atoms with Crippen LogP contribution in [0.4, 0.5) is 0 Å². The second kappa shape index (κ2) is 11.1. The molecule has 7 nitrogen and oxygen atoms in total. The molecule has 0 heterocycles. The second-order valence-electron chi connectivity index (χ2n) is 5.82. The lowest BCUT2D eigenvalue weighted by molar-refractivity contribution is -0.192. The van der Waals surface area contributed by atoms with Crippen molar-refractivity contribution in [3.05, 3.63) is 35.9 Å². The highest BCUT2D eigenvalue weighted by atomic mass is 16.7. The zero-order chi connectivity index (χ0) is 18.7. The predicted molar refractivity (Wildman–Crippen MR) is 89.5 cm³/mol. The smallest absolute Gasteiger partial charge is 0.309 e. The summed E-state index contributed by atoms with van der Waals surface area (Å²) in [5.41, 5.74) is 0.271. The number of nitrogens with one attached hydrogen (secondary N) is 1. The molecule has 1 rings (SSSR count). The molecule has 1 N–H and O–H groups in total. The topological polar surface area (TPSA) is 98.8 Å². The van der Waals surface area contributed by atoms with E-state index in [9.17, 15) is 19.2 Å². The summed E-state index contributed by atoms with van der Waals surface area (Å²) in [5, 5.41) is 2.13. The summed E-state index contributed by atoms with van der Waals surface area (Å²) in [4.78, 5) is 45.9. The van der Waals surface area contributed by atoms with Crippen molar-refractivity contribution < 1.29 is 28.7 Å². The third kappa shape index (κ3) is 7.71. The molecule has 1 amide bonds. The molecule has 0 aromatic heterocycles. The Balaban J connectivity index is 2.64. The highest BCUT2D eigenvalue weighted by Gasteiger charge is 2.26. The van der Waals surface area contributed by atoms with Crippen molar-refractivity contribution in [2.45, 2.75) is 45.6 Å². The third-order valence-electron chi connectivity index (χ3n) is 3.32. The van der Waals surface area contributed by atoms with Crippen molar-refractivity contribution in [2.24, 2.45) is 5.92 Å². The van der Waals surface area contributed by atoms with Crippen LogP contribution >= 0.6 is 0 Å². The molecule has 0 fully saturated rings. The van der Waals surface area contributed by atoms with Crippen LogP contribution in [0.25, 0.3) is 0 Å². The summed E-state index contributed by atoms with van der Waals surface area (Å²) in [6, 6.07) is 8.07. The Morgan fingerprint density at radius 1 is 1.16 bits per heavy atom. The van der Waals surface area contributed by atoms with Crippen LogP contribution in [0, 0.1) is 5.92 Å². The van der Waals surface area contributed by atoms with Crippen LogP contribution in [-0.4, -0.2) is 37.0 Å². The highest BCUT2D eigenvalue weighted by Crippen LogP contribution is 2.10. The SMILES string of the molecule is CC(C)CCCC(=O)O[C@H](NC=O)OC(C=O)C(=O)c1ccccc1. The largest absolute Gasteiger partial charge is 0.416 e. The van der Waals surface area contributed by atoms with Gasteiger partial charge in [0.15, 0.2) is 18.2 Å². The van der Waals surface area contributed by atoms with Crippen molar-refractivity contribution in [3.8, 4) is 0 Å². The van der Waals surface area contributed by atoms with Crippen molar-refractivity contribution >= 4 is 24.4 Å². The summed E-state index contributed by atoms with van der Waals surface area (Å²) in [5.74, 6) is -0.725. The molecule has 0 bridgehead atoms. The number of esters is 1. The minimum Gasteiger partial charge on any atom is -0.416 e. The van der Waals surface area contributed by atoms with Gasteiger partial charge in [-0.05, 0) is 12.3 Å². The van der Waals surface area contributed by atoms with E-state index in [-0.39, 0.29) is 18.4 Å². The molecule has 0 aliphatic rings. The summed E-state index contributed by atoms with van der Waals surface area (Å²) in [6.07, 6.45) is -0.815. The first kappa shape index (κ1) is 20.5. The number of carbonyl (C=O) groups excluding carboxylic acids is 4. The molecule has 1 aromatic rings. The monoisotopic (exact) mass is 349 g/mol. The van der Waals surface area contributed by atoms with Gasteiger partial charge in [0.05, 0.1) is 0 Å². The van der Waals surface area contributed by atoms with Gasteiger partial charge in [-0.25, -0.2) is 0 Å². The number of amides is 1. The normalized spacial score (nSPS) is 12.9. The number of rotatable bonds is 12. The van der Waals surface area contributed by atoms with Gasteiger partial charge in [-0.2, -0.15) is 0 Å². The fourth-order valence-electron chi connectivity index (χ4n) is 2.05. The summed E-state index contributed by atoms with van der Waals surface area (Å²) < 4.78 is 10.1. The maximum Gasteiger partial charge on any atom is 0.309 e. The molecular formula is C18H23NO6. The first-order valence-corrected chi connectivity index (χ1v) is 8.07. The molecule has 136 valence electrons. The van der Waals surface area contributed by atoms with Gasteiger partial charge in [0.1, 0.15) is 0 Å². The Bertz CT molecular complexity index is 572. The van der Waals surface area contributed by atoms with E-state index in [2.05, 4.69) is 5.32 Å². The van der Waals surface area contributed by atoms with Crippen LogP contribution in [0.2, 0.25) is 0 Å². The van der Waals surface area contributed by atoms with E-state index in [0.29, 0.717) is 18.6 Å². The van der Waals surface area contributed by atoms with Gasteiger partial charge < -0.3 is 9.47 Å². The number of carbonyl (C=O) groups is 4. The summed E-state index contributed by atoms with van der Waals surface area (Å²) in [7, 11) is 0. The lowest BCUT2D eigenvalue weighted by Gasteiger charge is -2.20. The first-order valence-electron chi connectivity index (χ1n) is 8.07. The standard InChI is InChI=1S/C18H23NO6/c1-13(2)7-6-10-16(22)25-18(19-12-21)24-15(11-20)17(23)14-8-4-3-5-9-14/h3-5,8-9,11-13,15,18H,6-7,10H2,1-2H3,(H,19,21)/t15?,18-/m1/s1. The number of ether oxygens (including phenoxy) is 2. The quantitative estimate of drug-likeness (QED) is 0.203. The molecule has 2 atom stereocenters. The lowest BCUT2D eigenvalue weighted by Crippen LogP contribution is -2.41. The van der Waals surface area contributed by atoms with Gasteiger partial charge in [-0.3, -0.25) is 24.5 Å².